The van der Waals surface area contributed by atoms with Crippen LogP contribution in [0.2, 0.25) is 0 Å². The van der Waals surface area contributed by atoms with Crippen molar-refractivity contribution in [2.75, 3.05) is 6.26 Å². The molecule has 0 spiro atoms. The molecule has 28 heavy (non-hydrogen) atoms. The maximum absolute atomic E-state index is 13.0. The van der Waals surface area contributed by atoms with Gasteiger partial charge in [0.2, 0.25) is 0 Å². The first-order valence-electron chi connectivity index (χ1n) is 8.16. The first-order chi connectivity index (χ1) is 12.4. The van der Waals surface area contributed by atoms with Gasteiger partial charge in [-0.25, -0.2) is 18.0 Å². The third-order valence-corrected chi connectivity index (χ3v) is 5.69. The monoisotopic (exact) mass is 435 g/mol. The lowest BCUT2D eigenvalue weighted by Crippen LogP contribution is -2.44. The second kappa shape index (κ2) is 7.70. The fraction of sp³-hybridized carbons (Fsp3) is 0.529. The van der Waals surface area contributed by atoms with E-state index in [1.165, 1.54) is 53.7 Å². The van der Waals surface area contributed by atoms with Crippen LogP contribution in [-0.2, 0) is 34.2 Å². The van der Waals surface area contributed by atoms with Crippen LogP contribution in [0, 0.1) is 5.41 Å². The number of sulfone groups is 1. The van der Waals surface area contributed by atoms with E-state index in [1.807, 2.05) is 0 Å². The van der Waals surface area contributed by atoms with Crippen LogP contribution >= 0.6 is 0 Å². The lowest BCUT2D eigenvalue weighted by atomic mass is 9.98. The van der Waals surface area contributed by atoms with Crippen LogP contribution in [0.3, 0.4) is 0 Å². The normalized spacial score (nSPS) is 13.0. The van der Waals surface area contributed by atoms with Gasteiger partial charge in [-0.05, 0) is 64.2 Å². The minimum Gasteiger partial charge on any atom is -0.441 e. The highest BCUT2D eigenvalue weighted by Gasteiger charge is 2.39. The van der Waals surface area contributed by atoms with Crippen LogP contribution in [0.15, 0.2) is 34.1 Å². The number of amides is 1. The number of benzene rings is 1. The van der Waals surface area contributed by atoms with Gasteiger partial charge in [0, 0.05) is 6.26 Å². The zero-order chi connectivity index (χ0) is 22.1. The second-order valence-electron chi connectivity index (χ2n) is 8.09. The van der Waals surface area contributed by atoms with Gasteiger partial charge in [0.05, 0.1) is 15.2 Å². The molecule has 0 radical (unpaired) electrons. The minimum atomic E-state index is -4.76. The number of sulfonamides is 1. The third-order valence-electron chi connectivity index (χ3n) is 3.07. The molecular formula is C17H25NO8S2. The lowest BCUT2D eigenvalue weighted by molar-refractivity contribution is -0.176. The van der Waals surface area contributed by atoms with E-state index >= 15 is 0 Å². The molecule has 0 aliphatic rings. The number of carbonyl (C=O) groups excluding carboxylic acids is 2. The molecule has 9 nitrogen and oxygen atoms in total. The summed E-state index contributed by atoms with van der Waals surface area (Å²) < 4.78 is 54.2. The van der Waals surface area contributed by atoms with Gasteiger partial charge in [-0.15, -0.1) is 0 Å². The highest BCUT2D eigenvalue weighted by atomic mass is 32.2. The Morgan fingerprint density at radius 2 is 1.43 bits per heavy atom. The number of carbonyl (C=O) groups is 2. The zero-order valence-corrected chi connectivity index (χ0v) is 18.5. The summed E-state index contributed by atoms with van der Waals surface area (Å²) in [4.78, 5) is 28.7. The van der Waals surface area contributed by atoms with E-state index in [0.717, 1.165) is 18.4 Å². The highest BCUT2D eigenvalue weighted by molar-refractivity contribution is 7.91. The number of ether oxygens (including phenoxy) is 1. The molecule has 0 aromatic heterocycles. The van der Waals surface area contributed by atoms with E-state index in [9.17, 15) is 26.4 Å². The molecule has 0 N–H and O–H groups in total. The summed E-state index contributed by atoms with van der Waals surface area (Å²) in [6.07, 6.45) is -0.529. The van der Waals surface area contributed by atoms with E-state index in [1.54, 1.807) is 0 Å². The van der Waals surface area contributed by atoms with Crippen molar-refractivity contribution >= 4 is 31.9 Å². The summed E-state index contributed by atoms with van der Waals surface area (Å²) >= 11 is 0. The summed E-state index contributed by atoms with van der Waals surface area (Å²) in [6.45, 7) is 8.93. The Labute approximate surface area is 165 Å². The fourth-order valence-electron chi connectivity index (χ4n) is 1.66. The molecule has 0 heterocycles. The van der Waals surface area contributed by atoms with Gasteiger partial charge in [-0.1, -0.05) is 6.07 Å². The van der Waals surface area contributed by atoms with Crippen LogP contribution in [0.25, 0.3) is 0 Å². The fourth-order valence-corrected chi connectivity index (χ4v) is 3.52. The Balaban J connectivity index is 3.50. The molecule has 0 unspecified atom stereocenters. The second-order valence-corrected chi connectivity index (χ2v) is 11.9. The van der Waals surface area contributed by atoms with Crippen molar-refractivity contribution in [1.82, 2.24) is 4.47 Å². The van der Waals surface area contributed by atoms with Crippen LogP contribution in [0.4, 0.5) is 4.79 Å². The third kappa shape index (κ3) is 6.20. The van der Waals surface area contributed by atoms with Gasteiger partial charge in [-0.2, -0.15) is 8.42 Å². The molecule has 158 valence electrons. The molecule has 1 aromatic rings. The summed E-state index contributed by atoms with van der Waals surface area (Å²) in [5.41, 5.74) is -2.20. The largest absolute Gasteiger partial charge is 0.459 e. The first-order valence-corrected chi connectivity index (χ1v) is 11.5. The molecule has 1 amide bonds. The Morgan fingerprint density at radius 3 is 1.86 bits per heavy atom. The average Bonchev–Trinajstić information content (AvgIpc) is 2.48. The number of hydroxylamine groups is 1. The Bertz CT molecular complexity index is 967. The van der Waals surface area contributed by atoms with Crippen LogP contribution < -0.4 is 0 Å². The average molecular weight is 436 g/mol. The molecule has 0 aliphatic heterocycles. The molecule has 0 saturated carbocycles. The van der Waals surface area contributed by atoms with Gasteiger partial charge in [0.15, 0.2) is 9.84 Å². The van der Waals surface area contributed by atoms with Crippen molar-refractivity contribution in [1.29, 1.82) is 0 Å². The van der Waals surface area contributed by atoms with Crippen molar-refractivity contribution in [2.24, 2.45) is 5.41 Å². The molecule has 0 aliphatic carbocycles. The molecule has 11 heteroatoms. The molecule has 0 saturated heterocycles. The zero-order valence-electron chi connectivity index (χ0n) is 16.8. The highest BCUT2D eigenvalue weighted by Crippen LogP contribution is 2.25. The number of nitrogens with zero attached hydrogens (tertiary/aromatic N) is 1. The molecule has 0 atom stereocenters. The molecule has 1 rings (SSSR count). The molecule has 0 fully saturated rings. The molecule has 0 bridgehead atoms. The first kappa shape index (κ1) is 23.9. The van der Waals surface area contributed by atoms with Gasteiger partial charge in [-0.3, -0.25) is 0 Å². The lowest BCUT2D eigenvalue weighted by Gasteiger charge is -2.27. The van der Waals surface area contributed by atoms with Gasteiger partial charge in [0.1, 0.15) is 5.60 Å². The predicted octanol–water partition coefficient (Wildman–Crippen LogP) is 2.52. The van der Waals surface area contributed by atoms with Gasteiger partial charge in [0.25, 0.3) is 0 Å². The van der Waals surface area contributed by atoms with E-state index in [0.29, 0.717) is 0 Å². The van der Waals surface area contributed by atoms with Crippen molar-refractivity contribution in [3.63, 3.8) is 0 Å². The summed E-state index contributed by atoms with van der Waals surface area (Å²) in [5, 5.41) is 0. The Kier molecular flexibility index (Phi) is 6.58. The van der Waals surface area contributed by atoms with E-state index in [-0.39, 0.29) is 9.36 Å². The van der Waals surface area contributed by atoms with E-state index in [4.69, 9.17) is 9.57 Å². The molecular weight excluding hydrogens is 410 g/mol. The summed E-state index contributed by atoms with van der Waals surface area (Å²) in [5.74, 6) is -0.999. The van der Waals surface area contributed by atoms with Crippen molar-refractivity contribution < 1.29 is 36.0 Å². The number of rotatable bonds is 3. The molecule has 1 aromatic carbocycles. The van der Waals surface area contributed by atoms with E-state index in [2.05, 4.69) is 0 Å². The standard InChI is InChI=1S/C17H25NO8S2/c1-16(2,3)14(19)26-18(15(20)25-17(4,5)6)28(23,24)13-10-8-9-12(11-13)27(7,21)22/h8-11H,1-7H3. The quantitative estimate of drug-likeness (QED) is 0.663. The summed E-state index contributed by atoms with van der Waals surface area (Å²) in [7, 11) is -8.47. The van der Waals surface area contributed by atoms with Crippen LogP contribution in [0.5, 0.6) is 0 Å². The maximum Gasteiger partial charge on any atom is 0.459 e. The van der Waals surface area contributed by atoms with Gasteiger partial charge < -0.3 is 9.57 Å². The number of hydrogen-bond donors (Lipinski definition) is 0. The maximum atomic E-state index is 13.0. The predicted molar refractivity (Wildman–Crippen MR) is 100 cm³/mol. The SMILES string of the molecule is CC(C)(C)OC(=O)N(OC(=O)C(C)(C)C)S(=O)(=O)c1cccc(S(C)(=O)=O)c1. The van der Waals surface area contributed by atoms with Crippen LogP contribution in [-0.4, -0.2) is 45.2 Å². The van der Waals surface area contributed by atoms with Crippen molar-refractivity contribution in [3.8, 4) is 0 Å². The van der Waals surface area contributed by atoms with Crippen molar-refractivity contribution in [2.45, 2.75) is 56.9 Å². The Hall–Kier alpha value is -2.14. The smallest absolute Gasteiger partial charge is 0.441 e. The number of hydrogen-bond acceptors (Lipinski definition) is 8. The van der Waals surface area contributed by atoms with Crippen LogP contribution in [0.1, 0.15) is 41.5 Å². The summed E-state index contributed by atoms with van der Waals surface area (Å²) in [6, 6.07) is 4.34. The van der Waals surface area contributed by atoms with Gasteiger partial charge >= 0.3 is 22.1 Å². The minimum absolute atomic E-state index is 0.159. The topological polar surface area (TPSA) is 124 Å². The van der Waals surface area contributed by atoms with E-state index < -0.39 is 47.8 Å². The van der Waals surface area contributed by atoms with Crippen molar-refractivity contribution in [3.05, 3.63) is 24.3 Å². The Morgan fingerprint density at radius 1 is 0.929 bits per heavy atom.